The molecule has 1 aliphatic rings. The molecule has 1 aliphatic heterocycles. The first kappa shape index (κ1) is 18.4. The van der Waals surface area contributed by atoms with Gasteiger partial charge < -0.3 is 5.32 Å². The van der Waals surface area contributed by atoms with Gasteiger partial charge in [-0.15, -0.1) is 0 Å². The number of hydrogen-bond donors (Lipinski definition) is 2. The predicted molar refractivity (Wildman–Crippen MR) is 102 cm³/mol. The van der Waals surface area contributed by atoms with Crippen molar-refractivity contribution in [1.82, 2.24) is 4.72 Å². The number of quaternary nitrogens is 1. The van der Waals surface area contributed by atoms with Crippen molar-refractivity contribution in [2.24, 2.45) is 0 Å². The smallest absolute Gasteiger partial charge is 0.240 e. The second kappa shape index (κ2) is 6.08. The molecule has 2 aromatic carbocycles. The first-order valence-electron chi connectivity index (χ1n) is 8.86. The second-order valence-corrected chi connectivity index (χ2v) is 10.6. The van der Waals surface area contributed by atoms with Crippen molar-refractivity contribution in [1.29, 1.82) is 0 Å². The molecule has 5 heteroatoms. The summed E-state index contributed by atoms with van der Waals surface area (Å²) in [4.78, 5) is 0.342. The quantitative estimate of drug-likeness (QED) is 0.883. The third-order valence-corrected chi connectivity index (χ3v) is 6.44. The van der Waals surface area contributed by atoms with Crippen LogP contribution in [0.5, 0.6) is 0 Å². The van der Waals surface area contributed by atoms with Gasteiger partial charge in [0.1, 0.15) is 0 Å². The molecule has 1 fully saturated rings. The lowest BCUT2D eigenvalue weighted by molar-refractivity contribution is -0.787. The van der Waals surface area contributed by atoms with Gasteiger partial charge in [-0.05, 0) is 57.5 Å². The van der Waals surface area contributed by atoms with Crippen LogP contribution in [0.4, 0.5) is 0 Å². The fourth-order valence-corrected chi connectivity index (χ4v) is 5.67. The highest BCUT2D eigenvalue weighted by Gasteiger charge is 2.42. The van der Waals surface area contributed by atoms with Crippen molar-refractivity contribution in [2.45, 2.75) is 69.5 Å². The van der Waals surface area contributed by atoms with E-state index in [2.05, 4.69) is 43.8 Å². The summed E-state index contributed by atoms with van der Waals surface area (Å²) in [5.41, 5.74) is 1.22. The molecule has 136 valence electrons. The molecule has 0 aromatic heterocycles. The van der Waals surface area contributed by atoms with Gasteiger partial charge in [-0.2, -0.15) is 0 Å². The van der Waals surface area contributed by atoms with Crippen LogP contribution in [0.25, 0.3) is 10.8 Å². The van der Waals surface area contributed by atoms with E-state index in [9.17, 15) is 8.42 Å². The molecule has 1 heterocycles. The Labute approximate surface area is 151 Å². The van der Waals surface area contributed by atoms with E-state index in [-0.39, 0.29) is 17.1 Å². The molecule has 2 aromatic rings. The topological polar surface area (TPSA) is 62.8 Å². The van der Waals surface area contributed by atoms with Crippen LogP contribution < -0.4 is 10.0 Å². The van der Waals surface area contributed by atoms with Crippen molar-refractivity contribution >= 4 is 20.8 Å². The number of aryl methyl sites for hydroxylation is 1. The fourth-order valence-electron chi connectivity index (χ4n) is 4.40. The van der Waals surface area contributed by atoms with Gasteiger partial charge in [0, 0.05) is 18.9 Å². The van der Waals surface area contributed by atoms with E-state index in [0.29, 0.717) is 4.90 Å². The number of piperidine rings is 1. The number of rotatable bonds is 3. The van der Waals surface area contributed by atoms with Gasteiger partial charge in [0.15, 0.2) is 0 Å². The molecule has 0 radical (unpaired) electrons. The van der Waals surface area contributed by atoms with Crippen molar-refractivity contribution in [3.63, 3.8) is 0 Å². The van der Waals surface area contributed by atoms with Gasteiger partial charge in [-0.3, -0.25) is 0 Å². The Hall–Kier alpha value is -1.43. The Balaban J connectivity index is 1.88. The number of fused-ring (bicyclic) bond motifs is 1. The van der Waals surface area contributed by atoms with Gasteiger partial charge in [0.05, 0.1) is 16.0 Å². The maximum atomic E-state index is 12.9. The normalized spacial score (nSPS) is 20.7. The summed E-state index contributed by atoms with van der Waals surface area (Å²) in [5, 5.41) is 4.36. The van der Waals surface area contributed by atoms with Crippen molar-refractivity contribution in [3.05, 3.63) is 42.0 Å². The largest absolute Gasteiger partial charge is 0.337 e. The van der Waals surface area contributed by atoms with Crippen molar-refractivity contribution < 1.29 is 13.7 Å². The van der Waals surface area contributed by atoms with Gasteiger partial charge >= 0.3 is 0 Å². The van der Waals surface area contributed by atoms with Crippen LogP contribution in [0.2, 0.25) is 0 Å². The third kappa shape index (κ3) is 4.22. The highest BCUT2D eigenvalue weighted by Crippen LogP contribution is 2.25. The van der Waals surface area contributed by atoms with Gasteiger partial charge in [0.25, 0.3) is 0 Å². The van der Waals surface area contributed by atoms with Crippen molar-refractivity contribution in [3.8, 4) is 0 Å². The maximum Gasteiger partial charge on any atom is 0.240 e. The van der Waals surface area contributed by atoms with Crippen LogP contribution in [0.3, 0.4) is 0 Å². The lowest BCUT2D eigenvalue weighted by atomic mass is 9.80. The first-order valence-corrected chi connectivity index (χ1v) is 10.3. The van der Waals surface area contributed by atoms with E-state index in [1.54, 1.807) is 12.1 Å². The van der Waals surface area contributed by atoms with Crippen LogP contribution in [-0.4, -0.2) is 25.5 Å². The van der Waals surface area contributed by atoms with Crippen molar-refractivity contribution in [2.75, 3.05) is 0 Å². The highest BCUT2D eigenvalue weighted by atomic mass is 32.2. The minimum atomic E-state index is -3.53. The molecule has 0 atom stereocenters. The molecule has 0 amide bonds. The third-order valence-electron chi connectivity index (χ3n) is 4.93. The van der Waals surface area contributed by atoms with E-state index < -0.39 is 10.0 Å². The van der Waals surface area contributed by atoms with Crippen LogP contribution in [0.15, 0.2) is 41.3 Å². The van der Waals surface area contributed by atoms with E-state index in [1.807, 2.05) is 25.1 Å². The zero-order chi connectivity index (χ0) is 18.5. The Morgan fingerprint density at radius 3 is 2.16 bits per heavy atom. The SMILES string of the molecule is Cc1ccc2cc(S(=O)(=O)NC3CC(C)(C)[NH2+]C(C)(C)C3)ccc2c1. The predicted octanol–water partition coefficient (Wildman–Crippen LogP) is 2.71. The van der Waals surface area contributed by atoms with Gasteiger partial charge in [0.2, 0.25) is 10.0 Å². The van der Waals surface area contributed by atoms with Gasteiger partial charge in [-0.1, -0.05) is 29.8 Å². The molecule has 0 unspecified atom stereocenters. The number of hydrogen-bond acceptors (Lipinski definition) is 2. The minimum absolute atomic E-state index is 0.0237. The summed E-state index contributed by atoms with van der Waals surface area (Å²) in [6.07, 6.45) is 1.64. The molecule has 25 heavy (non-hydrogen) atoms. The average molecular weight is 362 g/mol. The molecule has 0 saturated carbocycles. The highest BCUT2D eigenvalue weighted by molar-refractivity contribution is 7.89. The average Bonchev–Trinajstić information content (AvgIpc) is 2.42. The molecular formula is C20H29N2O2S+. The summed E-state index contributed by atoms with van der Waals surface area (Å²) in [5.74, 6) is 0. The van der Waals surface area contributed by atoms with E-state index in [1.165, 1.54) is 5.56 Å². The molecule has 0 bridgehead atoms. The molecule has 3 rings (SSSR count). The molecule has 0 aliphatic carbocycles. The van der Waals surface area contributed by atoms with Crippen LogP contribution in [-0.2, 0) is 10.0 Å². The first-order chi connectivity index (χ1) is 11.5. The number of nitrogens with one attached hydrogen (secondary N) is 1. The van der Waals surface area contributed by atoms with Gasteiger partial charge in [-0.25, -0.2) is 13.1 Å². The van der Waals surface area contributed by atoms with Crippen LogP contribution >= 0.6 is 0 Å². The maximum absolute atomic E-state index is 12.9. The zero-order valence-electron chi connectivity index (χ0n) is 15.8. The summed E-state index contributed by atoms with van der Waals surface area (Å²) in [6.45, 7) is 10.7. The summed E-state index contributed by atoms with van der Waals surface area (Å²) in [6, 6.07) is 11.4. The molecule has 4 nitrogen and oxygen atoms in total. The number of nitrogens with two attached hydrogens (primary N) is 1. The Kier molecular flexibility index (Phi) is 4.46. The monoisotopic (exact) mass is 361 g/mol. The summed E-state index contributed by atoms with van der Waals surface area (Å²) in [7, 11) is -3.53. The molecule has 0 spiro atoms. The Bertz CT molecular complexity index is 885. The lowest BCUT2D eigenvalue weighted by Gasteiger charge is -2.43. The minimum Gasteiger partial charge on any atom is -0.337 e. The number of benzene rings is 2. The van der Waals surface area contributed by atoms with Crippen LogP contribution in [0.1, 0.15) is 46.1 Å². The summed E-state index contributed by atoms with van der Waals surface area (Å²) >= 11 is 0. The second-order valence-electron chi connectivity index (χ2n) is 8.86. The molecule has 3 N–H and O–H groups in total. The molecular weight excluding hydrogens is 332 g/mol. The van der Waals surface area contributed by atoms with E-state index in [4.69, 9.17) is 0 Å². The Morgan fingerprint density at radius 2 is 1.52 bits per heavy atom. The standard InChI is InChI=1S/C20H28N2O2S/c1-14-6-7-16-11-18(9-8-15(16)10-14)25(23,24)21-17-12-19(2,3)22-20(4,5)13-17/h6-11,17,21-22H,12-13H2,1-5H3/p+1. The zero-order valence-corrected chi connectivity index (χ0v) is 16.6. The lowest BCUT2D eigenvalue weighted by Crippen LogP contribution is -3.06. The van der Waals surface area contributed by atoms with E-state index in [0.717, 1.165) is 23.6 Å². The summed E-state index contributed by atoms with van der Waals surface area (Å²) < 4.78 is 28.8. The number of sulfonamides is 1. The fraction of sp³-hybridized carbons (Fsp3) is 0.500. The van der Waals surface area contributed by atoms with Crippen LogP contribution in [0, 0.1) is 6.92 Å². The molecule has 1 saturated heterocycles. The Morgan fingerprint density at radius 1 is 0.960 bits per heavy atom. The van der Waals surface area contributed by atoms with E-state index >= 15 is 0 Å².